The van der Waals surface area contributed by atoms with Gasteiger partial charge in [0.2, 0.25) is 10.0 Å². The first-order valence-electron chi connectivity index (χ1n) is 9.37. The molecule has 3 aromatic carbocycles. The average molecular weight is 426 g/mol. The molecule has 156 valence electrons. The summed E-state index contributed by atoms with van der Waals surface area (Å²) < 4.78 is 32.8. The van der Waals surface area contributed by atoms with Gasteiger partial charge in [0.05, 0.1) is 4.90 Å². The molecule has 6 nitrogen and oxygen atoms in total. The van der Waals surface area contributed by atoms with Crippen molar-refractivity contribution in [1.82, 2.24) is 4.31 Å². The van der Waals surface area contributed by atoms with Gasteiger partial charge in [-0.15, -0.1) is 0 Å². The highest BCUT2D eigenvalue weighted by Gasteiger charge is 2.33. The van der Waals surface area contributed by atoms with E-state index in [-0.39, 0.29) is 11.3 Å². The molecule has 1 atom stereocenters. The fourth-order valence-corrected chi connectivity index (χ4v) is 4.32. The van der Waals surface area contributed by atoms with E-state index in [1.54, 1.807) is 48.5 Å². The zero-order valence-corrected chi connectivity index (χ0v) is 17.5. The first-order valence-corrected chi connectivity index (χ1v) is 10.8. The highest BCUT2D eigenvalue weighted by Crippen LogP contribution is 2.28. The number of carboxylic acid groups (broad SMARTS) is 1. The second-order valence-corrected chi connectivity index (χ2v) is 8.91. The smallest absolute Gasteiger partial charge is 0.322 e. The Kier molecular flexibility index (Phi) is 6.54. The van der Waals surface area contributed by atoms with Gasteiger partial charge in [0, 0.05) is 13.5 Å². The molecule has 0 spiro atoms. The van der Waals surface area contributed by atoms with Crippen molar-refractivity contribution in [3.63, 3.8) is 0 Å². The van der Waals surface area contributed by atoms with Gasteiger partial charge in [-0.2, -0.15) is 4.31 Å². The third-order valence-electron chi connectivity index (χ3n) is 4.78. The van der Waals surface area contributed by atoms with Gasteiger partial charge in [0.15, 0.2) is 0 Å². The number of nitrogens with zero attached hydrogens (tertiary/aromatic N) is 1. The molecule has 0 aromatic heterocycles. The molecule has 0 saturated heterocycles. The molecule has 3 aromatic rings. The van der Waals surface area contributed by atoms with Crippen LogP contribution in [0.2, 0.25) is 0 Å². The van der Waals surface area contributed by atoms with Gasteiger partial charge in [0.25, 0.3) is 0 Å². The maximum atomic E-state index is 13.0. The number of sulfonamides is 1. The summed E-state index contributed by atoms with van der Waals surface area (Å²) in [6.45, 7) is 1.85. The molecule has 0 bridgehead atoms. The van der Waals surface area contributed by atoms with Crippen LogP contribution in [0.4, 0.5) is 0 Å². The van der Waals surface area contributed by atoms with Crippen LogP contribution >= 0.6 is 0 Å². The summed E-state index contributed by atoms with van der Waals surface area (Å²) in [5.74, 6) is -0.142. The maximum absolute atomic E-state index is 13.0. The molecule has 0 aliphatic rings. The number of aliphatic carboxylic acids is 1. The van der Waals surface area contributed by atoms with Crippen molar-refractivity contribution in [2.24, 2.45) is 0 Å². The summed E-state index contributed by atoms with van der Waals surface area (Å²) in [5, 5.41) is 9.79. The molecule has 1 N–H and O–H groups in total. The molecule has 0 unspecified atom stereocenters. The van der Waals surface area contributed by atoms with Crippen molar-refractivity contribution in [3.8, 4) is 11.5 Å². The summed E-state index contributed by atoms with van der Waals surface area (Å²) in [5.41, 5.74) is 1.51. The third-order valence-corrected chi connectivity index (χ3v) is 6.66. The molecule has 7 heteroatoms. The highest BCUT2D eigenvalue weighted by atomic mass is 32.2. The minimum Gasteiger partial charge on any atom is -0.480 e. The lowest BCUT2D eigenvalue weighted by Crippen LogP contribution is -2.43. The van der Waals surface area contributed by atoms with E-state index in [1.807, 2.05) is 25.1 Å². The van der Waals surface area contributed by atoms with Crippen LogP contribution in [-0.2, 0) is 21.2 Å². The Bertz CT molecular complexity index is 1110. The summed E-state index contributed by atoms with van der Waals surface area (Å²) in [6, 6.07) is 21.2. The molecule has 0 saturated carbocycles. The van der Waals surface area contributed by atoms with Crippen LogP contribution < -0.4 is 4.74 Å². The molecule has 0 fully saturated rings. The topological polar surface area (TPSA) is 83.9 Å². The molecule has 0 radical (unpaired) electrons. The number of benzene rings is 3. The van der Waals surface area contributed by atoms with Crippen LogP contribution in [0.25, 0.3) is 0 Å². The van der Waals surface area contributed by atoms with Crippen LogP contribution in [0.1, 0.15) is 11.1 Å². The van der Waals surface area contributed by atoms with Gasteiger partial charge < -0.3 is 9.84 Å². The molecule has 30 heavy (non-hydrogen) atoms. The van der Waals surface area contributed by atoms with Gasteiger partial charge >= 0.3 is 5.97 Å². The summed E-state index contributed by atoms with van der Waals surface area (Å²) >= 11 is 0. The van der Waals surface area contributed by atoms with E-state index in [0.717, 1.165) is 9.87 Å². The number of carboxylic acids is 1. The number of aryl methyl sites for hydroxylation is 1. The van der Waals surface area contributed by atoms with Crippen LogP contribution in [0, 0.1) is 6.92 Å². The Labute approximate surface area is 176 Å². The fourth-order valence-electron chi connectivity index (χ4n) is 3.01. The second kappa shape index (κ2) is 9.11. The lowest BCUT2D eigenvalue weighted by molar-refractivity contribution is -0.141. The number of hydrogen-bond acceptors (Lipinski definition) is 4. The standard InChI is InChI=1S/C23H23NO5S/c1-17-12-14-20(15-13-17)30(27,28)24(2)21(23(25)26)16-18-8-6-7-11-22(18)29-19-9-4-3-5-10-19/h3-15,21H,16H2,1-2H3,(H,25,26)/t21-/m1/s1. The number of para-hydroxylation sites is 2. The van der Waals surface area contributed by atoms with Crippen molar-refractivity contribution in [3.05, 3.63) is 90.0 Å². The summed E-state index contributed by atoms with van der Waals surface area (Å²) in [4.78, 5) is 12.1. The average Bonchev–Trinajstić information content (AvgIpc) is 2.73. The van der Waals surface area contributed by atoms with Crippen molar-refractivity contribution >= 4 is 16.0 Å². The summed E-state index contributed by atoms with van der Waals surface area (Å²) in [7, 11) is -2.69. The number of ether oxygens (including phenoxy) is 1. The Morgan fingerprint density at radius 1 is 0.967 bits per heavy atom. The van der Waals surface area contributed by atoms with Crippen LogP contribution in [-0.4, -0.2) is 36.9 Å². The normalized spacial score (nSPS) is 12.5. The van der Waals surface area contributed by atoms with E-state index in [9.17, 15) is 18.3 Å². The molecule has 3 rings (SSSR count). The lowest BCUT2D eigenvalue weighted by Gasteiger charge is -2.25. The number of rotatable bonds is 8. The Hall–Kier alpha value is -3.16. The second-order valence-electron chi connectivity index (χ2n) is 6.92. The monoisotopic (exact) mass is 425 g/mol. The third kappa shape index (κ3) is 4.87. The van der Waals surface area contributed by atoms with Gasteiger partial charge in [-0.05, 0) is 42.8 Å². The molecule has 0 amide bonds. The zero-order valence-electron chi connectivity index (χ0n) is 16.7. The quantitative estimate of drug-likeness (QED) is 0.587. The van der Waals surface area contributed by atoms with E-state index < -0.39 is 22.0 Å². The molecule has 0 heterocycles. The fraction of sp³-hybridized carbons (Fsp3) is 0.174. The van der Waals surface area contributed by atoms with Gasteiger partial charge in [-0.3, -0.25) is 4.79 Å². The van der Waals surface area contributed by atoms with Crippen molar-refractivity contribution in [2.75, 3.05) is 7.05 Å². The van der Waals surface area contributed by atoms with Crippen molar-refractivity contribution in [2.45, 2.75) is 24.3 Å². The number of hydrogen-bond donors (Lipinski definition) is 1. The Balaban J connectivity index is 1.89. The SMILES string of the molecule is Cc1ccc(S(=O)(=O)N(C)[C@H](Cc2ccccc2Oc2ccccc2)C(=O)O)cc1. The summed E-state index contributed by atoms with van der Waals surface area (Å²) in [6.07, 6.45) is -0.0417. The van der Waals surface area contributed by atoms with Gasteiger partial charge in [-0.25, -0.2) is 8.42 Å². The maximum Gasteiger partial charge on any atom is 0.322 e. The predicted octanol–water partition coefficient (Wildman–Crippen LogP) is 4.10. The molecule has 0 aliphatic heterocycles. The van der Waals surface area contributed by atoms with E-state index in [2.05, 4.69) is 0 Å². The van der Waals surface area contributed by atoms with E-state index in [4.69, 9.17) is 4.74 Å². The predicted molar refractivity (Wildman–Crippen MR) is 114 cm³/mol. The minimum atomic E-state index is -3.98. The Morgan fingerprint density at radius 3 is 2.20 bits per heavy atom. The minimum absolute atomic E-state index is 0.0417. The highest BCUT2D eigenvalue weighted by molar-refractivity contribution is 7.89. The van der Waals surface area contributed by atoms with Gasteiger partial charge in [-0.1, -0.05) is 54.1 Å². The van der Waals surface area contributed by atoms with Crippen LogP contribution in [0.3, 0.4) is 0 Å². The Morgan fingerprint density at radius 2 is 1.57 bits per heavy atom. The lowest BCUT2D eigenvalue weighted by atomic mass is 10.1. The number of likely N-dealkylation sites (N-methyl/N-ethyl adjacent to an activating group) is 1. The van der Waals surface area contributed by atoms with Crippen molar-refractivity contribution in [1.29, 1.82) is 0 Å². The largest absolute Gasteiger partial charge is 0.480 e. The molecular weight excluding hydrogens is 402 g/mol. The van der Waals surface area contributed by atoms with Crippen molar-refractivity contribution < 1.29 is 23.1 Å². The molecular formula is C23H23NO5S. The first kappa shape index (κ1) is 21.5. The zero-order chi connectivity index (χ0) is 21.7. The first-order chi connectivity index (χ1) is 14.3. The van der Waals surface area contributed by atoms with Gasteiger partial charge in [0.1, 0.15) is 17.5 Å². The van der Waals surface area contributed by atoms with E-state index in [1.165, 1.54) is 19.2 Å². The van der Waals surface area contributed by atoms with E-state index >= 15 is 0 Å². The molecule has 0 aliphatic carbocycles. The number of carbonyl (C=O) groups is 1. The van der Waals surface area contributed by atoms with Crippen LogP contribution in [0.5, 0.6) is 11.5 Å². The van der Waals surface area contributed by atoms with Crippen LogP contribution in [0.15, 0.2) is 83.8 Å². The van der Waals surface area contributed by atoms with E-state index in [0.29, 0.717) is 17.1 Å².